The first-order valence-corrected chi connectivity index (χ1v) is 9.57. The highest BCUT2D eigenvalue weighted by Gasteiger charge is 2.41. The lowest BCUT2D eigenvalue weighted by Crippen LogP contribution is -2.44. The molecule has 2 fully saturated rings. The lowest BCUT2D eigenvalue weighted by Gasteiger charge is -2.33. The Balaban J connectivity index is 1.48. The van der Waals surface area contributed by atoms with Crippen LogP contribution in [0.2, 0.25) is 0 Å². The number of furan rings is 1. The highest BCUT2D eigenvalue weighted by atomic mass is 16.3. The molecule has 2 heterocycles. The van der Waals surface area contributed by atoms with Crippen molar-refractivity contribution in [1.29, 1.82) is 5.26 Å². The van der Waals surface area contributed by atoms with E-state index in [4.69, 9.17) is 4.42 Å². The van der Waals surface area contributed by atoms with Gasteiger partial charge in [-0.25, -0.2) is 5.43 Å². The summed E-state index contributed by atoms with van der Waals surface area (Å²) >= 11 is 0. The molecule has 1 amide bonds. The number of hydrogen-bond acceptors (Lipinski definition) is 5. The molecule has 140 valence electrons. The van der Waals surface area contributed by atoms with Crippen LogP contribution in [0.15, 0.2) is 41.2 Å². The fourth-order valence-corrected chi connectivity index (χ4v) is 4.52. The molecule has 6 nitrogen and oxygen atoms in total. The molecule has 1 aromatic carbocycles. The monoisotopic (exact) mass is 364 g/mol. The van der Waals surface area contributed by atoms with E-state index in [0.717, 1.165) is 30.4 Å². The number of carbonyl (C=O) groups excluding carboxylic acids is 1. The molecule has 2 aromatic rings. The number of nitriles is 1. The van der Waals surface area contributed by atoms with Gasteiger partial charge in [-0.3, -0.25) is 10.2 Å². The average molecular weight is 364 g/mol. The van der Waals surface area contributed by atoms with Crippen LogP contribution in [0.5, 0.6) is 0 Å². The number of fused-ring (bicyclic) bond motifs is 1. The summed E-state index contributed by atoms with van der Waals surface area (Å²) in [5.74, 6) is 0.323. The molecule has 4 atom stereocenters. The molecule has 1 aromatic heterocycles. The van der Waals surface area contributed by atoms with Crippen molar-refractivity contribution < 1.29 is 9.21 Å². The molecular formula is C21H24N4O2. The largest absolute Gasteiger partial charge is 0.472 e. The maximum atomic E-state index is 12.9. The molecule has 6 heteroatoms. The number of hydrogen-bond donors (Lipinski definition) is 3. The van der Waals surface area contributed by atoms with Gasteiger partial charge in [-0.05, 0) is 55.4 Å². The summed E-state index contributed by atoms with van der Waals surface area (Å²) in [5.41, 5.74) is 9.94. The van der Waals surface area contributed by atoms with E-state index in [1.807, 2.05) is 19.1 Å². The van der Waals surface area contributed by atoms with Gasteiger partial charge in [0.05, 0.1) is 30.2 Å². The van der Waals surface area contributed by atoms with Crippen molar-refractivity contribution in [2.75, 3.05) is 0 Å². The first-order valence-electron chi connectivity index (χ1n) is 9.57. The molecule has 1 saturated carbocycles. The lowest BCUT2D eigenvalue weighted by molar-refractivity contribution is 0.0914. The van der Waals surface area contributed by atoms with Gasteiger partial charge in [-0.15, -0.1) is 0 Å². The minimum absolute atomic E-state index is 0.0776. The van der Waals surface area contributed by atoms with Crippen LogP contribution < -0.4 is 16.2 Å². The molecule has 1 saturated heterocycles. The van der Waals surface area contributed by atoms with Crippen molar-refractivity contribution in [1.82, 2.24) is 16.2 Å². The van der Waals surface area contributed by atoms with Crippen molar-refractivity contribution in [3.63, 3.8) is 0 Å². The maximum absolute atomic E-state index is 12.9. The number of carbonyl (C=O) groups is 1. The third kappa shape index (κ3) is 3.36. The average Bonchev–Trinajstić information content (AvgIpc) is 3.36. The molecule has 1 aliphatic heterocycles. The van der Waals surface area contributed by atoms with E-state index in [9.17, 15) is 10.1 Å². The molecule has 1 aliphatic carbocycles. The van der Waals surface area contributed by atoms with Gasteiger partial charge in [0.25, 0.3) is 5.91 Å². The van der Waals surface area contributed by atoms with Crippen LogP contribution in [0.25, 0.3) is 0 Å². The molecule has 4 rings (SSSR count). The Kier molecular flexibility index (Phi) is 4.97. The number of nitrogens with one attached hydrogen (secondary N) is 3. The van der Waals surface area contributed by atoms with Crippen LogP contribution in [0.1, 0.15) is 59.3 Å². The fraction of sp³-hybridized carbons (Fsp3) is 0.429. The van der Waals surface area contributed by atoms with Gasteiger partial charge in [0.1, 0.15) is 0 Å². The van der Waals surface area contributed by atoms with Crippen molar-refractivity contribution in [3.8, 4) is 6.07 Å². The van der Waals surface area contributed by atoms with Crippen molar-refractivity contribution in [2.45, 2.75) is 50.7 Å². The topological polar surface area (TPSA) is 90.1 Å². The number of amides is 1. The van der Waals surface area contributed by atoms with E-state index in [1.54, 1.807) is 24.7 Å². The Bertz CT molecular complexity index is 856. The number of rotatable bonds is 4. The Morgan fingerprint density at radius 3 is 2.96 bits per heavy atom. The van der Waals surface area contributed by atoms with Crippen LogP contribution >= 0.6 is 0 Å². The minimum Gasteiger partial charge on any atom is -0.472 e. The second kappa shape index (κ2) is 7.55. The number of nitrogens with zero attached hydrogens (tertiary/aromatic N) is 1. The maximum Gasteiger partial charge on any atom is 0.251 e. The summed E-state index contributed by atoms with van der Waals surface area (Å²) in [5, 5.41) is 12.5. The van der Waals surface area contributed by atoms with Crippen LogP contribution in [0.4, 0.5) is 0 Å². The zero-order valence-corrected chi connectivity index (χ0v) is 15.4. The summed E-state index contributed by atoms with van der Waals surface area (Å²) in [6.07, 6.45) is 7.00. The van der Waals surface area contributed by atoms with E-state index in [-0.39, 0.29) is 18.0 Å². The summed E-state index contributed by atoms with van der Waals surface area (Å²) in [6.45, 7) is 1.98. The third-order valence-electron chi connectivity index (χ3n) is 5.88. The zero-order chi connectivity index (χ0) is 18.8. The van der Waals surface area contributed by atoms with Gasteiger partial charge >= 0.3 is 0 Å². The molecule has 27 heavy (non-hydrogen) atoms. The van der Waals surface area contributed by atoms with E-state index >= 15 is 0 Å². The minimum atomic E-state index is -0.0776. The van der Waals surface area contributed by atoms with Crippen LogP contribution in [0.3, 0.4) is 0 Å². The second-order valence-electron chi connectivity index (χ2n) is 7.37. The molecular weight excluding hydrogens is 340 g/mol. The van der Waals surface area contributed by atoms with Crippen LogP contribution in [0, 0.1) is 17.2 Å². The number of benzene rings is 1. The Morgan fingerprint density at radius 1 is 1.33 bits per heavy atom. The highest BCUT2D eigenvalue weighted by Crippen LogP contribution is 2.38. The molecule has 0 bridgehead atoms. The molecule has 0 spiro atoms. The smallest absolute Gasteiger partial charge is 0.251 e. The summed E-state index contributed by atoms with van der Waals surface area (Å²) in [4.78, 5) is 12.9. The predicted molar refractivity (Wildman–Crippen MR) is 101 cm³/mol. The molecule has 2 aliphatic rings. The van der Waals surface area contributed by atoms with Crippen LogP contribution in [-0.2, 0) is 6.42 Å². The molecule has 4 unspecified atom stereocenters. The van der Waals surface area contributed by atoms with E-state index in [0.29, 0.717) is 29.5 Å². The standard InChI is InChI=1S/C21H24N4O2/c1-2-16-13(11-22)4-3-5-17(16)21(26)23-15-6-7-19-18(10-15)20(25-24-19)14-8-9-27-12-14/h3-5,8-9,12,15,18-20,24-25H,2,6-7,10H2,1H3,(H,23,26). The normalized spacial score (nSPS) is 27.0. The third-order valence-corrected chi connectivity index (χ3v) is 5.88. The van der Waals surface area contributed by atoms with Gasteiger partial charge < -0.3 is 9.73 Å². The number of hydrazine groups is 1. The quantitative estimate of drug-likeness (QED) is 0.776. The first kappa shape index (κ1) is 17.8. The van der Waals surface area contributed by atoms with Gasteiger partial charge in [0.15, 0.2) is 0 Å². The molecule has 3 N–H and O–H groups in total. The van der Waals surface area contributed by atoms with Crippen LogP contribution in [-0.4, -0.2) is 18.0 Å². The first-order chi connectivity index (χ1) is 13.2. The summed E-state index contributed by atoms with van der Waals surface area (Å²) in [7, 11) is 0. The Hall–Kier alpha value is -2.62. The van der Waals surface area contributed by atoms with Crippen molar-refractivity contribution in [2.24, 2.45) is 5.92 Å². The van der Waals surface area contributed by atoms with Gasteiger partial charge in [-0.1, -0.05) is 13.0 Å². The lowest BCUT2D eigenvalue weighted by atomic mass is 9.77. The highest BCUT2D eigenvalue weighted by molar-refractivity contribution is 5.96. The Labute approximate surface area is 158 Å². The second-order valence-corrected chi connectivity index (χ2v) is 7.37. The van der Waals surface area contributed by atoms with Crippen molar-refractivity contribution in [3.05, 3.63) is 59.0 Å². The fourth-order valence-electron chi connectivity index (χ4n) is 4.52. The van der Waals surface area contributed by atoms with E-state index in [2.05, 4.69) is 22.2 Å². The van der Waals surface area contributed by atoms with Gasteiger partial charge in [0, 0.05) is 23.2 Å². The summed E-state index contributed by atoms with van der Waals surface area (Å²) < 4.78 is 5.24. The van der Waals surface area contributed by atoms with Crippen molar-refractivity contribution >= 4 is 5.91 Å². The predicted octanol–water partition coefficient (Wildman–Crippen LogP) is 2.83. The van der Waals surface area contributed by atoms with E-state index in [1.165, 1.54) is 0 Å². The molecule has 0 radical (unpaired) electrons. The van der Waals surface area contributed by atoms with Gasteiger partial charge in [0.2, 0.25) is 0 Å². The SMILES string of the molecule is CCc1c(C#N)cccc1C(=O)NC1CCC2NNC(c3ccoc3)C2C1. The zero-order valence-electron chi connectivity index (χ0n) is 15.4. The Morgan fingerprint density at radius 2 is 2.22 bits per heavy atom. The van der Waals surface area contributed by atoms with Gasteiger partial charge in [-0.2, -0.15) is 5.26 Å². The van der Waals surface area contributed by atoms with E-state index < -0.39 is 0 Å². The summed E-state index contributed by atoms with van der Waals surface area (Å²) in [6, 6.07) is 10.3.